The maximum Gasteiger partial charge on any atom is 0.125 e. The van der Waals surface area contributed by atoms with Crippen LogP contribution < -0.4 is 5.32 Å². The van der Waals surface area contributed by atoms with Crippen molar-refractivity contribution < 1.29 is 14.2 Å². The van der Waals surface area contributed by atoms with Gasteiger partial charge in [-0.1, -0.05) is 6.08 Å². The Hall–Kier alpha value is -1.86. The lowest BCUT2D eigenvalue weighted by atomic mass is 10.3. The molecule has 7 heteroatoms. The van der Waals surface area contributed by atoms with E-state index in [1.54, 1.807) is 24.0 Å². The standard InChI is InChI=1S/C16H20FN3O2S/c1-18-15-5-4-12(10-20-15)16-19-7-2-3-14(6-8-23-16)22-11-13(21)9-17/h2-6,10,13,21H,7-9,11H2,1H3,(H,18,20)/b3-2-,14-6+,19-16?/t13-/m0/s1. The van der Waals surface area contributed by atoms with Crippen LogP contribution in [0.1, 0.15) is 5.56 Å². The van der Waals surface area contributed by atoms with Gasteiger partial charge in [0.25, 0.3) is 0 Å². The van der Waals surface area contributed by atoms with Gasteiger partial charge in [-0.15, -0.1) is 11.8 Å². The zero-order valence-electron chi connectivity index (χ0n) is 12.9. The van der Waals surface area contributed by atoms with Crippen LogP contribution in [0.4, 0.5) is 10.2 Å². The van der Waals surface area contributed by atoms with Crippen molar-refractivity contribution in [3.63, 3.8) is 0 Å². The van der Waals surface area contributed by atoms with Crippen molar-refractivity contribution >= 4 is 22.6 Å². The molecular weight excluding hydrogens is 317 g/mol. The van der Waals surface area contributed by atoms with Gasteiger partial charge in [-0.3, -0.25) is 4.99 Å². The first-order valence-electron chi connectivity index (χ1n) is 7.28. The number of alkyl halides is 1. The maximum atomic E-state index is 12.2. The third-order valence-electron chi connectivity index (χ3n) is 3.01. The van der Waals surface area contributed by atoms with Crippen LogP contribution in [0.5, 0.6) is 0 Å². The van der Waals surface area contributed by atoms with Gasteiger partial charge in [0.2, 0.25) is 0 Å². The lowest BCUT2D eigenvalue weighted by molar-refractivity contribution is 0.0575. The van der Waals surface area contributed by atoms with Gasteiger partial charge in [-0.25, -0.2) is 9.37 Å². The van der Waals surface area contributed by atoms with E-state index in [2.05, 4.69) is 15.3 Å². The SMILES string of the molecule is CNc1ccc(C2=NC/C=C\C(OC[C@@H](O)CF)=C/CS2)cn1. The van der Waals surface area contributed by atoms with Gasteiger partial charge in [0, 0.05) is 24.6 Å². The number of aliphatic hydroxyl groups excluding tert-OH is 1. The van der Waals surface area contributed by atoms with E-state index in [9.17, 15) is 9.50 Å². The van der Waals surface area contributed by atoms with Gasteiger partial charge in [0.1, 0.15) is 31.0 Å². The molecule has 23 heavy (non-hydrogen) atoms. The molecule has 1 aromatic rings. The number of halogens is 1. The van der Waals surface area contributed by atoms with Crippen LogP contribution in [-0.2, 0) is 4.74 Å². The Morgan fingerprint density at radius 3 is 3.04 bits per heavy atom. The van der Waals surface area contributed by atoms with Crippen LogP contribution in [-0.4, -0.2) is 53.9 Å². The van der Waals surface area contributed by atoms with Crippen molar-refractivity contribution in [1.82, 2.24) is 4.98 Å². The van der Waals surface area contributed by atoms with E-state index in [4.69, 9.17) is 4.74 Å². The molecule has 0 radical (unpaired) electrons. The molecule has 1 aliphatic rings. The second-order valence-corrected chi connectivity index (χ2v) is 5.78. The van der Waals surface area contributed by atoms with E-state index in [0.29, 0.717) is 18.1 Å². The highest BCUT2D eigenvalue weighted by Crippen LogP contribution is 2.17. The normalized spacial score (nSPS) is 20.1. The summed E-state index contributed by atoms with van der Waals surface area (Å²) in [5, 5.41) is 13.1. The molecule has 0 aliphatic carbocycles. The molecule has 1 atom stereocenters. The Bertz CT molecular complexity index is 587. The Morgan fingerprint density at radius 2 is 2.35 bits per heavy atom. The molecule has 0 amide bonds. The molecule has 1 aliphatic heterocycles. The molecular formula is C16H20FN3O2S. The summed E-state index contributed by atoms with van der Waals surface area (Å²) < 4.78 is 17.6. The third-order valence-corrected chi connectivity index (χ3v) is 3.99. The van der Waals surface area contributed by atoms with Crippen LogP contribution in [0, 0.1) is 0 Å². The number of hydrogen-bond acceptors (Lipinski definition) is 6. The highest BCUT2D eigenvalue weighted by atomic mass is 32.2. The Kier molecular flexibility index (Phi) is 7.09. The first-order valence-corrected chi connectivity index (χ1v) is 8.26. The minimum absolute atomic E-state index is 0.0551. The topological polar surface area (TPSA) is 66.7 Å². The average Bonchev–Trinajstić information content (AvgIpc) is 2.71. The summed E-state index contributed by atoms with van der Waals surface area (Å²) in [5.41, 5.74) is 0.966. The molecule has 2 heterocycles. The van der Waals surface area contributed by atoms with Crippen molar-refractivity contribution in [2.75, 3.05) is 37.9 Å². The van der Waals surface area contributed by atoms with Crippen molar-refractivity contribution in [1.29, 1.82) is 0 Å². The van der Waals surface area contributed by atoms with Gasteiger partial charge in [0.15, 0.2) is 0 Å². The fraction of sp³-hybridized carbons (Fsp3) is 0.375. The second-order valence-electron chi connectivity index (χ2n) is 4.77. The molecule has 2 N–H and O–H groups in total. The zero-order chi connectivity index (χ0) is 16.5. The zero-order valence-corrected chi connectivity index (χ0v) is 13.7. The summed E-state index contributed by atoms with van der Waals surface area (Å²) in [6, 6.07) is 3.88. The minimum Gasteiger partial charge on any atom is -0.491 e. The highest BCUT2D eigenvalue weighted by molar-refractivity contribution is 8.14. The summed E-state index contributed by atoms with van der Waals surface area (Å²) in [5.74, 6) is 2.09. The average molecular weight is 337 g/mol. The molecule has 0 saturated heterocycles. The molecule has 0 saturated carbocycles. The Labute approximate surface area is 139 Å². The van der Waals surface area contributed by atoms with E-state index in [1.165, 1.54) is 0 Å². The predicted molar refractivity (Wildman–Crippen MR) is 92.8 cm³/mol. The van der Waals surface area contributed by atoms with Crippen molar-refractivity contribution in [2.24, 2.45) is 4.99 Å². The lowest BCUT2D eigenvalue weighted by Gasteiger charge is -2.09. The molecule has 2 rings (SSSR count). The monoisotopic (exact) mass is 337 g/mol. The maximum absolute atomic E-state index is 12.2. The number of nitrogens with one attached hydrogen (secondary N) is 1. The quantitative estimate of drug-likeness (QED) is 0.834. The predicted octanol–water partition coefficient (Wildman–Crippen LogP) is 2.40. The summed E-state index contributed by atoms with van der Waals surface area (Å²) in [7, 11) is 1.82. The number of pyridine rings is 1. The van der Waals surface area contributed by atoms with Crippen LogP contribution in [0.3, 0.4) is 0 Å². The number of nitrogens with zero attached hydrogens (tertiary/aromatic N) is 2. The van der Waals surface area contributed by atoms with Gasteiger partial charge < -0.3 is 15.2 Å². The molecule has 0 aromatic carbocycles. The largest absolute Gasteiger partial charge is 0.491 e. The van der Waals surface area contributed by atoms with Gasteiger partial charge in [-0.05, 0) is 24.3 Å². The van der Waals surface area contributed by atoms with Crippen molar-refractivity contribution in [2.45, 2.75) is 6.10 Å². The number of allylic oxidation sites excluding steroid dienone is 1. The van der Waals surface area contributed by atoms with Crippen molar-refractivity contribution in [3.8, 4) is 0 Å². The molecule has 1 aromatic heterocycles. The first kappa shape index (κ1) is 17.5. The van der Waals surface area contributed by atoms with E-state index in [0.717, 1.165) is 16.4 Å². The van der Waals surface area contributed by atoms with E-state index >= 15 is 0 Å². The van der Waals surface area contributed by atoms with Crippen molar-refractivity contribution in [3.05, 3.63) is 47.9 Å². The van der Waals surface area contributed by atoms with Gasteiger partial charge >= 0.3 is 0 Å². The summed E-state index contributed by atoms with van der Waals surface area (Å²) >= 11 is 1.58. The first-order chi connectivity index (χ1) is 11.2. The number of rotatable bonds is 6. The number of aliphatic imine (C=N–C) groups is 1. The van der Waals surface area contributed by atoms with Crippen LogP contribution >= 0.6 is 11.8 Å². The smallest absolute Gasteiger partial charge is 0.125 e. The highest BCUT2D eigenvalue weighted by Gasteiger charge is 2.08. The van der Waals surface area contributed by atoms with E-state index < -0.39 is 12.8 Å². The van der Waals surface area contributed by atoms with Crippen LogP contribution in [0.25, 0.3) is 0 Å². The number of ether oxygens (including phenoxy) is 1. The van der Waals surface area contributed by atoms with Gasteiger partial charge in [0.05, 0.1) is 11.6 Å². The Balaban J connectivity index is 1.99. The number of anilines is 1. The number of aromatic nitrogens is 1. The molecule has 0 unspecified atom stereocenters. The van der Waals surface area contributed by atoms with E-state index in [1.807, 2.05) is 31.3 Å². The summed E-state index contributed by atoms with van der Waals surface area (Å²) in [6.45, 7) is -0.350. The Morgan fingerprint density at radius 1 is 1.48 bits per heavy atom. The van der Waals surface area contributed by atoms with Gasteiger partial charge in [-0.2, -0.15) is 0 Å². The minimum atomic E-state index is -1.09. The molecule has 124 valence electrons. The fourth-order valence-electron chi connectivity index (χ4n) is 1.81. The number of hydrogen-bond donors (Lipinski definition) is 2. The third kappa shape index (κ3) is 5.69. The second kappa shape index (κ2) is 9.32. The van der Waals surface area contributed by atoms with E-state index in [-0.39, 0.29) is 6.61 Å². The fourth-order valence-corrected chi connectivity index (χ4v) is 2.67. The number of aliphatic hydroxyl groups is 1. The molecule has 5 nitrogen and oxygen atoms in total. The molecule has 0 spiro atoms. The molecule has 0 fully saturated rings. The lowest BCUT2D eigenvalue weighted by Crippen LogP contribution is -2.16. The molecule has 0 bridgehead atoms. The summed E-state index contributed by atoms with van der Waals surface area (Å²) in [6.07, 6.45) is 6.25. The number of thioether (sulfide) groups is 1. The van der Waals surface area contributed by atoms with Crippen LogP contribution in [0.2, 0.25) is 0 Å². The summed E-state index contributed by atoms with van der Waals surface area (Å²) in [4.78, 5) is 8.85. The van der Waals surface area contributed by atoms with Crippen LogP contribution in [0.15, 0.2) is 47.3 Å².